The number of hydrogen-bond donors (Lipinski definition) is 0. The molecule has 0 saturated heterocycles. The summed E-state index contributed by atoms with van der Waals surface area (Å²) in [5.41, 5.74) is 10.1. The van der Waals surface area contributed by atoms with Gasteiger partial charge in [-0.05, 0) is 38.0 Å². The fourth-order valence-corrected chi connectivity index (χ4v) is 5.55. The summed E-state index contributed by atoms with van der Waals surface area (Å²) >= 11 is 0. The van der Waals surface area contributed by atoms with Gasteiger partial charge >= 0.3 is 5.97 Å². The van der Waals surface area contributed by atoms with Crippen LogP contribution < -0.4 is 0 Å². The highest BCUT2D eigenvalue weighted by Crippen LogP contribution is 2.22. The van der Waals surface area contributed by atoms with E-state index in [1.54, 1.807) is 0 Å². The zero-order chi connectivity index (χ0) is 28.7. The van der Waals surface area contributed by atoms with Crippen molar-refractivity contribution in [2.45, 2.75) is 201 Å². The van der Waals surface area contributed by atoms with Gasteiger partial charge in [0.2, 0.25) is 0 Å². The van der Waals surface area contributed by atoms with Gasteiger partial charge in [-0.1, -0.05) is 149 Å². The molecule has 0 amide bonds. The van der Waals surface area contributed by atoms with Gasteiger partial charge in [0, 0.05) is 19.3 Å². The number of carbonyl (C=O) groups excluding carboxylic acids is 1. The van der Waals surface area contributed by atoms with Crippen molar-refractivity contribution in [3.8, 4) is 0 Å². The van der Waals surface area contributed by atoms with Crippen LogP contribution in [0, 0.1) is 5.92 Å². The molecule has 39 heavy (non-hydrogen) atoms. The minimum Gasteiger partial charge on any atom is -0.466 e. The molecule has 0 radical (unpaired) electrons. The molecule has 0 spiro atoms. The molecule has 0 N–H and O–H groups in total. The summed E-state index contributed by atoms with van der Waals surface area (Å²) in [6.45, 7) is 7.34. The predicted octanol–water partition coefficient (Wildman–Crippen LogP) is 11.8. The zero-order valence-electron chi connectivity index (χ0n) is 26.8. The first kappa shape index (κ1) is 37.9. The van der Waals surface area contributed by atoms with Crippen molar-refractivity contribution < 1.29 is 14.3 Å². The molecule has 0 aromatic carbocycles. The lowest BCUT2D eigenvalue weighted by Crippen LogP contribution is -2.13. The second-order valence-electron chi connectivity index (χ2n) is 12.1. The van der Waals surface area contributed by atoms with Gasteiger partial charge in [0.25, 0.3) is 5.71 Å². The molecule has 4 heteroatoms. The summed E-state index contributed by atoms with van der Waals surface area (Å²) in [7, 11) is 0. The number of rotatable bonds is 31. The Morgan fingerprint density at radius 1 is 0.564 bits per heavy atom. The molecule has 0 fully saturated rings. The van der Waals surface area contributed by atoms with Crippen LogP contribution in [0.2, 0.25) is 0 Å². The van der Waals surface area contributed by atoms with E-state index in [1.807, 2.05) is 0 Å². The largest absolute Gasteiger partial charge is 0.466 e. The van der Waals surface area contributed by atoms with Crippen molar-refractivity contribution >= 4 is 11.7 Å². The van der Waals surface area contributed by atoms with Gasteiger partial charge in [0.05, 0.1) is 6.61 Å². The summed E-state index contributed by atoms with van der Waals surface area (Å²) in [5, 5.41) is 0. The number of esters is 1. The maximum absolute atomic E-state index is 12.5. The average molecular weight is 549 g/mol. The van der Waals surface area contributed by atoms with Crippen molar-refractivity contribution in [1.82, 2.24) is 0 Å². The molecule has 0 saturated carbocycles. The van der Waals surface area contributed by atoms with Crippen LogP contribution in [0.5, 0.6) is 0 Å². The van der Waals surface area contributed by atoms with E-state index in [0.717, 1.165) is 37.8 Å². The summed E-state index contributed by atoms with van der Waals surface area (Å²) in [5.74, 6) is 0.567. The Bertz CT molecular complexity index is 557. The van der Waals surface area contributed by atoms with Crippen LogP contribution in [0.3, 0.4) is 0 Å². The van der Waals surface area contributed by atoms with E-state index in [4.69, 9.17) is 10.3 Å². The monoisotopic (exact) mass is 549 g/mol. The molecule has 0 aromatic rings. The summed E-state index contributed by atoms with van der Waals surface area (Å²) in [6.07, 6.45) is 34.0. The molecule has 4 nitrogen and oxygen atoms in total. The molecule has 0 bridgehead atoms. The Morgan fingerprint density at radius 3 is 1.44 bits per heavy atom. The van der Waals surface area contributed by atoms with Crippen molar-refractivity contribution in [2.24, 2.45) is 5.92 Å². The standard InChI is InChI=1S/C35H68N2O2/c1-4-7-10-18-23-27-33(28-24-19-11-8-5-2)32-35(38)39-31-26-21-17-15-13-12-14-16-20-25-30-34(37-36)29-22-9-6-3/h33H,4-32H2,1-3H3. The van der Waals surface area contributed by atoms with Crippen LogP contribution in [0.25, 0.3) is 5.53 Å². The normalized spacial score (nSPS) is 11.2. The topological polar surface area (TPSA) is 62.7 Å². The van der Waals surface area contributed by atoms with E-state index in [9.17, 15) is 4.79 Å². The first-order valence-corrected chi connectivity index (χ1v) is 17.5. The lowest BCUT2D eigenvalue weighted by Gasteiger charge is -2.16. The van der Waals surface area contributed by atoms with Crippen LogP contribution in [-0.2, 0) is 9.53 Å². The minimum absolute atomic E-state index is 0.0421. The molecule has 0 aliphatic carbocycles. The molecule has 0 rings (SSSR count). The molecule has 0 aliphatic heterocycles. The predicted molar refractivity (Wildman–Crippen MR) is 169 cm³/mol. The van der Waals surface area contributed by atoms with E-state index in [0.29, 0.717) is 18.9 Å². The quantitative estimate of drug-likeness (QED) is 0.0284. The van der Waals surface area contributed by atoms with Crippen LogP contribution >= 0.6 is 0 Å². The second-order valence-corrected chi connectivity index (χ2v) is 12.1. The van der Waals surface area contributed by atoms with Crippen LogP contribution in [-0.4, -0.2) is 23.1 Å². The number of ether oxygens (including phenoxy) is 1. The third-order valence-electron chi connectivity index (χ3n) is 8.22. The maximum atomic E-state index is 12.5. The first-order valence-electron chi connectivity index (χ1n) is 17.5. The summed E-state index contributed by atoms with van der Waals surface area (Å²) in [6, 6.07) is 0. The van der Waals surface area contributed by atoms with E-state index < -0.39 is 0 Å². The summed E-state index contributed by atoms with van der Waals surface area (Å²) < 4.78 is 5.63. The molecule has 0 aliphatic rings. The second kappa shape index (κ2) is 31.4. The molecular formula is C35H68N2O2. The van der Waals surface area contributed by atoms with Gasteiger partial charge in [-0.25, -0.2) is 0 Å². The number of carbonyl (C=O) groups is 1. The fraction of sp³-hybridized carbons (Fsp3) is 0.943. The Hall–Kier alpha value is -1.15. The number of unbranched alkanes of at least 4 members (excludes halogenated alkanes) is 19. The lowest BCUT2D eigenvalue weighted by atomic mass is 9.91. The molecular weight excluding hydrogens is 480 g/mol. The average Bonchev–Trinajstić information content (AvgIpc) is 2.94. The van der Waals surface area contributed by atoms with Gasteiger partial charge < -0.3 is 10.3 Å². The van der Waals surface area contributed by atoms with Crippen molar-refractivity contribution in [3.05, 3.63) is 5.53 Å². The minimum atomic E-state index is 0.0421. The Morgan fingerprint density at radius 2 is 0.949 bits per heavy atom. The molecule has 0 aromatic heterocycles. The van der Waals surface area contributed by atoms with E-state index >= 15 is 0 Å². The Balaban J connectivity index is 3.74. The molecule has 230 valence electrons. The van der Waals surface area contributed by atoms with Gasteiger partial charge in [0.1, 0.15) is 0 Å². The molecule has 0 unspecified atom stereocenters. The van der Waals surface area contributed by atoms with Gasteiger partial charge in [0.15, 0.2) is 0 Å². The Labute approximate surface area is 244 Å². The van der Waals surface area contributed by atoms with Crippen molar-refractivity contribution in [3.63, 3.8) is 0 Å². The molecule has 0 atom stereocenters. The fourth-order valence-electron chi connectivity index (χ4n) is 5.55. The highest BCUT2D eigenvalue weighted by molar-refractivity contribution is 5.78. The third-order valence-corrected chi connectivity index (χ3v) is 8.22. The zero-order valence-corrected chi connectivity index (χ0v) is 26.8. The van der Waals surface area contributed by atoms with Crippen LogP contribution in [0.1, 0.15) is 201 Å². The maximum Gasteiger partial charge on any atom is 0.306 e. The Kier molecular flexibility index (Phi) is 30.5. The third kappa shape index (κ3) is 28.2. The number of nitrogens with zero attached hydrogens (tertiary/aromatic N) is 2. The first-order chi connectivity index (χ1) is 19.2. The smallest absolute Gasteiger partial charge is 0.306 e. The van der Waals surface area contributed by atoms with Gasteiger partial charge in [-0.3, -0.25) is 4.79 Å². The lowest BCUT2D eigenvalue weighted by molar-refractivity contribution is -0.145. The van der Waals surface area contributed by atoms with Gasteiger partial charge in [-0.2, -0.15) is 4.79 Å². The van der Waals surface area contributed by atoms with Crippen LogP contribution in [0.4, 0.5) is 0 Å². The van der Waals surface area contributed by atoms with E-state index in [-0.39, 0.29) is 5.97 Å². The summed E-state index contributed by atoms with van der Waals surface area (Å²) in [4.78, 5) is 16.0. The van der Waals surface area contributed by atoms with E-state index in [1.165, 1.54) is 141 Å². The van der Waals surface area contributed by atoms with Crippen LogP contribution in [0.15, 0.2) is 0 Å². The highest BCUT2D eigenvalue weighted by atomic mass is 16.5. The van der Waals surface area contributed by atoms with Crippen molar-refractivity contribution in [1.29, 1.82) is 0 Å². The van der Waals surface area contributed by atoms with E-state index in [2.05, 4.69) is 25.6 Å². The molecule has 0 heterocycles. The number of hydrogen-bond acceptors (Lipinski definition) is 2. The van der Waals surface area contributed by atoms with Crippen molar-refractivity contribution in [2.75, 3.05) is 6.61 Å². The SMILES string of the molecule is CCCCCCCC(CCCCCCC)CC(=O)OCCCCCCCCCCCCC(CCCCC)=[N+]=[N-]. The highest BCUT2D eigenvalue weighted by Gasteiger charge is 2.15. The van der Waals surface area contributed by atoms with Gasteiger partial charge in [-0.15, -0.1) is 0 Å².